The van der Waals surface area contributed by atoms with Crippen LogP contribution in [0.4, 0.5) is 23.2 Å². The third-order valence-electron chi connectivity index (χ3n) is 4.65. The first-order chi connectivity index (χ1) is 15.6. The zero-order valence-corrected chi connectivity index (χ0v) is 17.0. The Hall–Kier alpha value is -4.24. The monoisotopic (exact) mass is 474 g/mol. The molecule has 0 aliphatic heterocycles. The average molecular weight is 474 g/mol. The van der Waals surface area contributed by atoms with Crippen molar-refractivity contribution in [3.63, 3.8) is 0 Å². The summed E-state index contributed by atoms with van der Waals surface area (Å²) in [6.07, 6.45) is 2.38. The number of benzene rings is 2. The van der Waals surface area contributed by atoms with Gasteiger partial charge in [-0.15, -0.1) is 0 Å². The predicted octanol–water partition coefficient (Wildman–Crippen LogP) is 4.02. The van der Waals surface area contributed by atoms with Crippen molar-refractivity contribution in [3.8, 4) is 6.07 Å². The van der Waals surface area contributed by atoms with Crippen LogP contribution in [0, 0.1) is 34.6 Å². The van der Waals surface area contributed by atoms with E-state index in [9.17, 15) is 26.4 Å². The molecule has 0 aliphatic carbocycles. The van der Waals surface area contributed by atoms with Crippen LogP contribution < -0.4 is 4.72 Å². The minimum atomic E-state index is -4.75. The summed E-state index contributed by atoms with van der Waals surface area (Å²) >= 11 is 0. The van der Waals surface area contributed by atoms with Gasteiger partial charge in [0.25, 0.3) is 10.0 Å². The molecule has 0 spiro atoms. The summed E-state index contributed by atoms with van der Waals surface area (Å²) in [7, 11) is -4.75. The first-order valence-electron chi connectivity index (χ1n) is 9.00. The minimum absolute atomic E-state index is 0.0972. The van der Waals surface area contributed by atoms with Crippen LogP contribution in [0.1, 0.15) is 21.5 Å². The van der Waals surface area contributed by atoms with Gasteiger partial charge in [-0.2, -0.15) is 5.26 Å². The van der Waals surface area contributed by atoms with E-state index < -0.39 is 55.2 Å². The number of aromatic amines is 1. The maximum absolute atomic E-state index is 15.1. The number of fused-ring (bicyclic) bond motifs is 1. The van der Waals surface area contributed by atoms with Crippen molar-refractivity contribution in [2.75, 3.05) is 4.72 Å². The van der Waals surface area contributed by atoms with Crippen molar-refractivity contribution in [3.05, 3.63) is 88.8 Å². The number of hydrogen-bond acceptors (Lipinski definition) is 5. The molecule has 2 heterocycles. The Morgan fingerprint density at radius 3 is 2.52 bits per heavy atom. The van der Waals surface area contributed by atoms with E-state index >= 15 is 4.39 Å². The molecule has 0 saturated carbocycles. The second kappa shape index (κ2) is 8.03. The molecule has 0 radical (unpaired) electrons. The Bertz CT molecular complexity index is 1590. The van der Waals surface area contributed by atoms with E-state index in [2.05, 4.69) is 9.97 Å². The molecule has 166 valence electrons. The highest BCUT2D eigenvalue weighted by Gasteiger charge is 2.27. The molecule has 2 aromatic carbocycles. The third-order valence-corrected chi connectivity index (χ3v) is 6.05. The van der Waals surface area contributed by atoms with Gasteiger partial charge in [0, 0.05) is 29.4 Å². The molecule has 0 aliphatic rings. The summed E-state index contributed by atoms with van der Waals surface area (Å²) in [6, 6.07) is 6.14. The number of rotatable bonds is 5. The van der Waals surface area contributed by atoms with Crippen LogP contribution in [0.2, 0.25) is 0 Å². The van der Waals surface area contributed by atoms with E-state index in [4.69, 9.17) is 5.26 Å². The van der Waals surface area contributed by atoms with Gasteiger partial charge in [0.2, 0.25) is 5.78 Å². The van der Waals surface area contributed by atoms with Crippen LogP contribution in [0.15, 0.2) is 53.7 Å². The molecule has 12 heteroatoms. The van der Waals surface area contributed by atoms with Crippen molar-refractivity contribution in [1.29, 1.82) is 5.26 Å². The van der Waals surface area contributed by atoms with E-state index in [0.29, 0.717) is 30.3 Å². The Labute approximate surface area is 183 Å². The van der Waals surface area contributed by atoms with Crippen LogP contribution in [-0.2, 0) is 10.0 Å². The first kappa shape index (κ1) is 22.0. The predicted molar refractivity (Wildman–Crippen MR) is 108 cm³/mol. The van der Waals surface area contributed by atoms with Gasteiger partial charge in [0.1, 0.15) is 34.1 Å². The molecule has 0 amide bonds. The molecule has 0 saturated heterocycles. The number of carbonyl (C=O) groups is 1. The van der Waals surface area contributed by atoms with E-state index in [1.54, 1.807) is 4.72 Å². The summed E-state index contributed by atoms with van der Waals surface area (Å²) < 4.78 is 83.2. The SMILES string of the molecule is N#Cc1cnc2[nH]cc(C(=O)c3c(F)ccc(NS(=O)(=O)c4ccc(F)cc4F)c3F)c2c1. The highest BCUT2D eigenvalue weighted by molar-refractivity contribution is 7.92. The molecule has 4 aromatic rings. The minimum Gasteiger partial charge on any atom is -0.345 e. The van der Waals surface area contributed by atoms with E-state index in [1.165, 1.54) is 12.3 Å². The Morgan fingerprint density at radius 2 is 1.82 bits per heavy atom. The standard InChI is InChI=1S/C21H10F4N4O3S/c22-11-1-4-17(15(24)6-11)33(31,32)29-16-3-2-14(23)18(19(16)25)20(30)13-9-28-21-12(13)5-10(7-26)8-27-21/h1-6,8-9,29H,(H,27,28). The number of nitrogens with zero attached hydrogens (tertiary/aromatic N) is 2. The zero-order chi connectivity index (χ0) is 23.9. The molecule has 33 heavy (non-hydrogen) atoms. The zero-order valence-electron chi connectivity index (χ0n) is 16.2. The number of nitrogens with one attached hydrogen (secondary N) is 2. The number of hydrogen-bond donors (Lipinski definition) is 2. The second-order valence-electron chi connectivity index (χ2n) is 6.73. The molecule has 2 N–H and O–H groups in total. The molecular formula is C21H10F4N4O3S. The van der Waals surface area contributed by atoms with Crippen molar-refractivity contribution in [2.24, 2.45) is 0 Å². The lowest BCUT2D eigenvalue weighted by atomic mass is 10.0. The topological polar surface area (TPSA) is 116 Å². The fraction of sp³-hybridized carbons (Fsp3) is 0. The van der Waals surface area contributed by atoms with Crippen LogP contribution in [0.3, 0.4) is 0 Å². The molecule has 0 atom stereocenters. The second-order valence-corrected chi connectivity index (χ2v) is 8.38. The summed E-state index contributed by atoms with van der Waals surface area (Å²) in [5, 5.41) is 9.15. The fourth-order valence-electron chi connectivity index (χ4n) is 3.12. The number of pyridine rings is 1. The van der Waals surface area contributed by atoms with Gasteiger partial charge in [-0.25, -0.2) is 31.0 Å². The quantitative estimate of drug-likeness (QED) is 0.335. The number of carbonyl (C=O) groups excluding carboxylic acids is 1. The van der Waals surface area contributed by atoms with Gasteiger partial charge in [0.15, 0.2) is 5.82 Å². The van der Waals surface area contributed by atoms with E-state index in [-0.39, 0.29) is 22.2 Å². The summed E-state index contributed by atoms with van der Waals surface area (Å²) in [4.78, 5) is 18.6. The van der Waals surface area contributed by atoms with Crippen molar-refractivity contribution in [1.82, 2.24) is 9.97 Å². The first-order valence-corrected chi connectivity index (χ1v) is 10.5. The molecule has 4 rings (SSSR count). The third kappa shape index (κ3) is 3.90. The highest BCUT2D eigenvalue weighted by Crippen LogP contribution is 2.29. The van der Waals surface area contributed by atoms with E-state index in [0.717, 1.165) is 6.20 Å². The number of ketones is 1. The van der Waals surface area contributed by atoms with Crippen molar-refractivity contribution < 1.29 is 30.8 Å². The van der Waals surface area contributed by atoms with E-state index in [1.807, 2.05) is 6.07 Å². The lowest BCUT2D eigenvalue weighted by Gasteiger charge is -2.12. The molecule has 7 nitrogen and oxygen atoms in total. The molecule has 0 bridgehead atoms. The summed E-state index contributed by atoms with van der Waals surface area (Å²) in [5.41, 5.74) is -1.85. The van der Waals surface area contributed by atoms with Crippen LogP contribution in [0.25, 0.3) is 11.0 Å². The molecule has 0 fully saturated rings. The molecule has 0 unspecified atom stereocenters. The lowest BCUT2D eigenvalue weighted by molar-refractivity contribution is 0.103. The normalized spacial score (nSPS) is 11.4. The Balaban J connectivity index is 1.78. The Morgan fingerprint density at radius 1 is 1.06 bits per heavy atom. The average Bonchev–Trinajstić information content (AvgIpc) is 3.18. The van der Waals surface area contributed by atoms with Gasteiger partial charge in [-0.3, -0.25) is 9.52 Å². The van der Waals surface area contributed by atoms with Gasteiger partial charge >= 0.3 is 0 Å². The van der Waals surface area contributed by atoms with Gasteiger partial charge in [-0.1, -0.05) is 0 Å². The number of H-pyrrole nitrogens is 1. The lowest BCUT2D eigenvalue weighted by Crippen LogP contribution is -2.17. The summed E-state index contributed by atoms with van der Waals surface area (Å²) in [6.45, 7) is 0. The molecule has 2 aromatic heterocycles. The van der Waals surface area contributed by atoms with Gasteiger partial charge < -0.3 is 4.98 Å². The van der Waals surface area contributed by atoms with Crippen LogP contribution in [0.5, 0.6) is 0 Å². The Kier molecular flexibility index (Phi) is 5.35. The smallest absolute Gasteiger partial charge is 0.264 e. The highest BCUT2D eigenvalue weighted by atomic mass is 32.2. The number of aromatic nitrogens is 2. The summed E-state index contributed by atoms with van der Waals surface area (Å²) in [5.74, 6) is -6.44. The van der Waals surface area contributed by atoms with Crippen LogP contribution in [-0.4, -0.2) is 24.2 Å². The number of halogens is 4. The van der Waals surface area contributed by atoms with Gasteiger partial charge in [-0.05, 0) is 30.3 Å². The van der Waals surface area contributed by atoms with Gasteiger partial charge in [0.05, 0.1) is 16.8 Å². The number of anilines is 1. The number of nitriles is 1. The fourth-order valence-corrected chi connectivity index (χ4v) is 4.24. The maximum atomic E-state index is 15.1. The van der Waals surface area contributed by atoms with Crippen molar-refractivity contribution >= 4 is 32.5 Å². The van der Waals surface area contributed by atoms with Crippen LogP contribution >= 0.6 is 0 Å². The molecular weight excluding hydrogens is 464 g/mol. The maximum Gasteiger partial charge on any atom is 0.264 e. The van der Waals surface area contributed by atoms with Crippen molar-refractivity contribution in [2.45, 2.75) is 4.90 Å². The number of sulfonamides is 1. The largest absolute Gasteiger partial charge is 0.345 e.